The fourth-order valence-electron chi connectivity index (χ4n) is 4.30. The zero-order valence-electron chi connectivity index (χ0n) is 16.6. The van der Waals surface area contributed by atoms with Gasteiger partial charge in [-0.3, -0.25) is 4.79 Å². The molecular weight excluding hydrogens is 352 g/mol. The van der Waals surface area contributed by atoms with Crippen molar-refractivity contribution in [2.75, 3.05) is 19.6 Å². The maximum atomic E-state index is 13.0. The monoisotopic (exact) mass is 382 g/mol. The van der Waals surface area contributed by atoms with E-state index in [0.29, 0.717) is 12.5 Å². The standard InChI is InChI=1S/C22H30N4O2/c1-25-13-12-24-22(25)20-16-23-11-14-26(20)21(27)10-9-17-5-4-8-19(15-17)28-18-6-2-3-7-18/h4-5,8,12-13,15,18,20,23H,2-3,6-7,9-11,14,16H2,1H3. The van der Waals surface area contributed by atoms with Crippen LogP contribution in [0, 0.1) is 0 Å². The van der Waals surface area contributed by atoms with E-state index in [-0.39, 0.29) is 11.9 Å². The average Bonchev–Trinajstić information content (AvgIpc) is 3.38. The number of carbonyl (C=O) groups is 1. The van der Waals surface area contributed by atoms with Crippen molar-refractivity contribution in [2.24, 2.45) is 7.05 Å². The Kier molecular flexibility index (Phi) is 5.95. The van der Waals surface area contributed by atoms with Gasteiger partial charge in [0.05, 0.1) is 6.10 Å². The number of nitrogens with zero attached hydrogens (tertiary/aromatic N) is 3. The van der Waals surface area contributed by atoms with Crippen molar-refractivity contribution >= 4 is 5.91 Å². The Hall–Kier alpha value is -2.34. The summed E-state index contributed by atoms with van der Waals surface area (Å²) in [5, 5.41) is 3.39. The van der Waals surface area contributed by atoms with E-state index >= 15 is 0 Å². The molecule has 0 radical (unpaired) electrons. The molecule has 1 aromatic heterocycles. The van der Waals surface area contributed by atoms with Gasteiger partial charge < -0.3 is 19.5 Å². The zero-order chi connectivity index (χ0) is 19.3. The summed E-state index contributed by atoms with van der Waals surface area (Å²) in [7, 11) is 1.98. The summed E-state index contributed by atoms with van der Waals surface area (Å²) in [5.41, 5.74) is 1.16. The van der Waals surface area contributed by atoms with Gasteiger partial charge in [0.2, 0.25) is 5.91 Å². The number of ether oxygens (including phenoxy) is 1. The fourth-order valence-corrected chi connectivity index (χ4v) is 4.30. The first-order chi connectivity index (χ1) is 13.7. The largest absolute Gasteiger partial charge is 0.490 e. The number of rotatable bonds is 6. The number of carbonyl (C=O) groups excluding carboxylic acids is 1. The van der Waals surface area contributed by atoms with E-state index in [1.165, 1.54) is 12.8 Å². The molecule has 1 saturated carbocycles. The summed E-state index contributed by atoms with van der Waals surface area (Å²) >= 11 is 0. The molecule has 2 heterocycles. The first-order valence-electron chi connectivity index (χ1n) is 10.4. The zero-order valence-corrected chi connectivity index (χ0v) is 16.6. The Morgan fingerprint density at radius 1 is 1.32 bits per heavy atom. The van der Waals surface area contributed by atoms with Crippen LogP contribution in [0.5, 0.6) is 5.75 Å². The van der Waals surface area contributed by atoms with E-state index < -0.39 is 0 Å². The minimum atomic E-state index is -0.00159. The van der Waals surface area contributed by atoms with Gasteiger partial charge in [-0.25, -0.2) is 4.98 Å². The van der Waals surface area contributed by atoms with Gasteiger partial charge in [0, 0.05) is 45.5 Å². The molecule has 1 aliphatic heterocycles. The molecule has 1 saturated heterocycles. The van der Waals surface area contributed by atoms with E-state index in [9.17, 15) is 4.79 Å². The number of benzene rings is 1. The molecule has 1 unspecified atom stereocenters. The van der Waals surface area contributed by atoms with E-state index in [4.69, 9.17) is 4.74 Å². The highest BCUT2D eigenvalue weighted by atomic mass is 16.5. The van der Waals surface area contributed by atoms with Crippen molar-refractivity contribution in [1.82, 2.24) is 19.8 Å². The molecule has 0 bridgehead atoms. The van der Waals surface area contributed by atoms with Crippen LogP contribution in [-0.4, -0.2) is 46.1 Å². The van der Waals surface area contributed by atoms with Crippen LogP contribution in [0.3, 0.4) is 0 Å². The van der Waals surface area contributed by atoms with Gasteiger partial charge in [-0.15, -0.1) is 0 Å². The lowest BCUT2D eigenvalue weighted by molar-refractivity contribution is -0.134. The summed E-state index contributed by atoms with van der Waals surface area (Å²) in [6.07, 6.45) is 10.2. The summed E-state index contributed by atoms with van der Waals surface area (Å²) < 4.78 is 8.11. The fraction of sp³-hybridized carbons (Fsp3) is 0.545. The van der Waals surface area contributed by atoms with Gasteiger partial charge in [0.1, 0.15) is 17.6 Å². The predicted molar refractivity (Wildman–Crippen MR) is 108 cm³/mol. The number of piperazine rings is 1. The van der Waals surface area contributed by atoms with Crippen LogP contribution < -0.4 is 10.1 Å². The third kappa shape index (κ3) is 4.38. The Morgan fingerprint density at radius 2 is 2.18 bits per heavy atom. The Labute approximate surface area is 166 Å². The van der Waals surface area contributed by atoms with Crippen LogP contribution in [-0.2, 0) is 18.3 Å². The minimum Gasteiger partial charge on any atom is -0.490 e. The quantitative estimate of drug-likeness (QED) is 0.835. The number of hydrogen-bond donors (Lipinski definition) is 1. The van der Waals surface area contributed by atoms with Gasteiger partial charge in [0.15, 0.2) is 0 Å². The normalized spacial score (nSPS) is 20.5. The van der Waals surface area contributed by atoms with E-state index in [0.717, 1.165) is 56.0 Å². The predicted octanol–water partition coefficient (Wildman–Crippen LogP) is 2.85. The lowest BCUT2D eigenvalue weighted by Crippen LogP contribution is -2.49. The van der Waals surface area contributed by atoms with E-state index in [1.54, 1.807) is 6.20 Å². The lowest BCUT2D eigenvalue weighted by atomic mass is 10.1. The van der Waals surface area contributed by atoms with Crippen molar-refractivity contribution in [2.45, 2.75) is 50.7 Å². The molecule has 6 nitrogen and oxygen atoms in total. The highest BCUT2D eigenvalue weighted by Crippen LogP contribution is 2.25. The van der Waals surface area contributed by atoms with Crippen LogP contribution in [0.4, 0.5) is 0 Å². The topological polar surface area (TPSA) is 59.4 Å². The second kappa shape index (κ2) is 8.78. The lowest BCUT2D eigenvalue weighted by Gasteiger charge is -2.35. The van der Waals surface area contributed by atoms with Crippen LogP contribution in [0.25, 0.3) is 0 Å². The average molecular weight is 383 g/mol. The van der Waals surface area contributed by atoms with Crippen LogP contribution in [0.2, 0.25) is 0 Å². The summed E-state index contributed by atoms with van der Waals surface area (Å²) in [5.74, 6) is 2.06. The number of aromatic nitrogens is 2. The molecule has 0 spiro atoms. The Bertz CT molecular complexity index is 797. The van der Waals surface area contributed by atoms with E-state index in [2.05, 4.69) is 22.4 Å². The number of amides is 1. The van der Waals surface area contributed by atoms with Crippen molar-refractivity contribution in [3.63, 3.8) is 0 Å². The molecule has 1 N–H and O–H groups in total. The Morgan fingerprint density at radius 3 is 2.96 bits per heavy atom. The maximum Gasteiger partial charge on any atom is 0.223 e. The molecule has 2 aliphatic rings. The molecule has 1 amide bonds. The first kappa shape index (κ1) is 19.0. The second-order valence-electron chi connectivity index (χ2n) is 7.88. The molecule has 6 heteroatoms. The molecule has 4 rings (SSSR count). The summed E-state index contributed by atoms with van der Waals surface area (Å²) in [6.45, 7) is 2.31. The molecule has 1 atom stereocenters. The Balaban J connectivity index is 1.37. The molecule has 28 heavy (non-hydrogen) atoms. The van der Waals surface area contributed by atoms with Crippen LogP contribution >= 0.6 is 0 Å². The number of aryl methyl sites for hydroxylation is 2. The van der Waals surface area contributed by atoms with E-state index in [1.807, 2.05) is 34.8 Å². The third-order valence-electron chi connectivity index (χ3n) is 5.85. The second-order valence-corrected chi connectivity index (χ2v) is 7.88. The summed E-state index contributed by atoms with van der Waals surface area (Å²) in [6, 6.07) is 8.24. The molecule has 2 fully saturated rings. The van der Waals surface area contributed by atoms with Crippen molar-refractivity contribution in [3.05, 3.63) is 48.0 Å². The van der Waals surface area contributed by atoms with Crippen molar-refractivity contribution < 1.29 is 9.53 Å². The minimum absolute atomic E-state index is 0.00159. The van der Waals surface area contributed by atoms with Gasteiger partial charge in [-0.1, -0.05) is 12.1 Å². The third-order valence-corrected chi connectivity index (χ3v) is 5.85. The molecule has 2 aromatic rings. The molecule has 1 aliphatic carbocycles. The number of hydrogen-bond acceptors (Lipinski definition) is 4. The first-order valence-corrected chi connectivity index (χ1v) is 10.4. The SMILES string of the molecule is Cn1ccnc1C1CNCCN1C(=O)CCc1cccc(OC2CCCC2)c1. The van der Waals surface area contributed by atoms with Crippen molar-refractivity contribution in [3.8, 4) is 5.75 Å². The maximum absolute atomic E-state index is 13.0. The van der Waals surface area contributed by atoms with Crippen LogP contribution in [0.1, 0.15) is 49.5 Å². The molecular formula is C22H30N4O2. The molecule has 1 aromatic carbocycles. The number of nitrogens with one attached hydrogen (secondary N) is 1. The number of imidazole rings is 1. The van der Waals surface area contributed by atoms with Gasteiger partial charge in [-0.2, -0.15) is 0 Å². The van der Waals surface area contributed by atoms with Gasteiger partial charge in [0.25, 0.3) is 0 Å². The van der Waals surface area contributed by atoms with Crippen molar-refractivity contribution in [1.29, 1.82) is 0 Å². The van der Waals surface area contributed by atoms with Gasteiger partial charge >= 0.3 is 0 Å². The van der Waals surface area contributed by atoms with Crippen LogP contribution in [0.15, 0.2) is 36.7 Å². The highest BCUT2D eigenvalue weighted by Gasteiger charge is 2.30. The smallest absolute Gasteiger partial charge is 0.223 e. The molecule has 150 valence electrons. The summed E-state index contributed by atoms with van der Waals surface area (Å²) in [4.78, 5) is 19.4. The highest BCUT2D eigenvalue weighted by molar-refractivity contribution is 5.77. The van der Waals surface area contributed by atoms with Gasteiger partial charge in [-0.05, 0) is 49.8 Å².